The van der Waals surface area contributed by atoms with Crippen molar-refractivity contribution >= 4 is 12.2 Å². The molecule has 0 unspecified atom stereocenters. The summed E-state index contributed by atoms with van der Waals surface area (Å²) < 4.78 is 10.4. The number of carbonyl (C=O) groups is 2. The topological polar surface area (TPSA) is 90.7 Å². The summed E-state index contributed by atoms with van der Waals surface area (Å²) >= 11 is 0. The zero-order valence-corrected chi connectivity index (χ0v) is 16.4. The third-order valence-corrected chi connectivity index (χ3v) is 5.16. The quantitative estimate of drug-likeness (QED) is 0.705. The van der Waals surface area contributed by atoms with Gasteiger partial charge in [-0.3, -0.25) is 0 Å². The molecule has 0 aliphatic heterocycles. The molecule has 3 N–H and O–H groups in total. The zero-order valence-electron chi connectivity index (χ0n) is 16.4. The largest absolute Gasteiger partial charge is 0.445 e. The smallest absolute Gasteiger partial charge is 0.407 e. The Morgan fingerprint density at radius 3 is 2.37 bits per heavy atom. The van der Waals surface area contributed by atoms with Gasteiger partial charge in [-0.1, -0.05) is 56.0 Å². The fraction of sp³-hybridized carbons (Fsp3) is 0.619. The van der Waals surface area contributed by atoms with Gasteiger partial charge in [0.2, 0.25) is 0 Å². The van der Waals surface area contributed by atoms with Gasteiger partial charge in [-0.25, -0.2) is 9.59 Å². The van der Waals surface area contributed by atoms with Gasteiger partial charge in [-0.15, -0.1) is 0 Å². The first kappa shape index (κ1) is 21.1. The Morgan fingerprint density at radius 2 is 1.74 bits per heavy atom. The van der Waals surface area contributed by atoms with Crippen LogP contribution in [0.2, 0.25) is 0 Å². The van der Waals surface area contributed by atoms with Gasteiger partial charge in [0.25, 0.3) is 0 Å². The van der Waals surface area contributed by atoms with Gasteiger partial charge in [0, 0.05) is 6.54 Å². The molecule has 1 saturated carbocycles. The minimum Gasteiger partial charge on any atom is -0.445 e. The molecule has 0 aromatic heterocycles. The number of ether oxygens (including phenoxy) is 2. The third kappa shape index (κ3) is 8.33. The molecule has 0 atom stereocenters. The van der Waals surface area contributed by atoms with Crippen LogP contribution < -0.4 is 11.1 Å². The number of hydrogen-bond donors (Lipinski definition) is 2. The summed E-state index contributed by atoms with van der Waals surface area (Å²) in [5.74, 6) is 1.18. The Hall–Kier alpha value is -2.24. The van der Waals surface area contributed by atoms with Crippen LogP contribution in [-0.4, -0.2) is 24.3 Å². The lowest BCUT2D eigenvalue weighted by Gasteiger charge is -2.33. The van der Waals surface area contributed by atoms with E-state index in [1.165, 1.54) is 0 Å². The lowest BCUT2D eigenvalue weighted by molar-refractivity contribution is 0.0195. The molecule has 1 aromatic rings. The minimum atomic E-state index is -0.709. The van der Waals surface area contributed by atoms with E-state index in [-0.39, 0.29) is 6.09 Å². The van der Waals surface area contributed by atoms with E-state index in [4.69, 9.17) is 15.2 Å². The van der Waals surface area contributed by atoms with Crippen LogP contribution in [0.15, 0.2) is 30.3 Å². The third-order valence-electron chi connectivity index (χ3n) is 5.16. The lowest BCUT2D eigenvalue weighted by atomic mass is 9.76. The fourth-order valence-electron chi connectivity index (χ4n) is 3.89. The maximum absolute atomic E-state index is 11.8. The number of amides is 2. The highest BCUT2D eigenvalue weighted by atomic mass is 16.6. The molecule has 2 rings (SSSR count). The molecule has 1 aromatic carbocycles. The van der Waals surface area contributed by atoms with Gasteiger partial charge in [-0.2, -0.15) is 0 Å². The number of primary amides is 1. The van der Waals surface area contributed by atoms with E-state index in [1.54, 1.807) is 0 Å². The van der Waals surface area contributed by atoms with Crippen molar-refractivity contribution in [3.8, 4) is 0 Å². The number of carbonyl (C=O) groups excluding carboxylic acids is 2. The number of nitrogens with two attached hydrogens (primary N) is 1. The predicted molar refractivity (Wildman–Crippen MR) is 104 cm³/mol. The SMILES string of the molecule is CC(C)(CC1CCC(CCNC(=O)OCc2ccccc2)CC1)OC(N)=O. The van der Waals surface area contributed by atoms with Gasteiger partial charge in [0.15, 0.2) is 0 Å². The maximum Gasteiger partial charge on any atom is 0.407 e. The number of rotatable bonds is 8. The molecule has 1 aliphatic rings. The average Bonchev–Trinajstić information content (AvgIpc) is 2.61. The van der Waals surface area contributed by atoms with Crippen molar-refractivity contribution in [2.75, 3.05) is 6.54 Å². The Bertz CT molecular complexity index is 595. The molecule has 0 bridgehead atoms. The number of hydrogen-bond acceptors (Lipinski definition) is 4. The number of nitrogens with one attached hydrogen (secondary N) is 1. The lowest BCUT2D eigenvalue weighted by Crippen LogP contribution is -2.34. The fourth-order valence-corrected chi connectivity index (χ4v) is 3.89. The van der Waals surface area contributed by atoms with Crippen LogP contribution in [-0.2, 0) is 16.1 Å². The van der Waals surface area contributed by atoms with Crippen molar-refractivity contribution in [2.45, 2.75) is 64.6 Å². The molecule has 1 aliphatic carbocycles. The van der Waals surface area contributed by atoms with Crippen LogP contribution in [0.3, 0.4) is 0 Å². The Kier molecular flexibility index (Phi) is 7.95. The van der Waals surface area contributed by atoms with Crippen molar-refractivity contribution in [1.82, 2.24) is 5.32 Å². The molecule has 1 fully saturated rings. The van der Waals surface area contributed by atoms with E-state index in [0.717, 1.165) is 44.1 Å². The van der Waals surface area contributed by atoms with Crippen LogP contribution >= 0.6 is 0 Å². The summed E-state index contributed by atoms with van der Waals surface area (Å²) in [5.41, 5.74) is 5.61. The van der Waals surface area contributed by atoms with Gasteiger partial charge < -0.3 is 20.5 Å². The van der Waals surface area contributed by atoms with Gasteiger partial charge in [0.1, 0.15) is 12.2 Å². The van der Waals surface area contributed by atoms with Gasteiger partial charge in [-0.05, 0) is 44.1 Å². The molecule has 0 heterocycles. The predicted octanol–water partition coefficient (Wildman–Crippen LogP) is 4.37. The van der Waals surface area contributed by atoms with Crippen molar-refractivity contribution in [2.24, 2.45) is 17.6 Å². The van der Waals surface area contributed by atoms with Crippen molar-refractivity contribution in [1.29, 1.82) is 0 Å². The average molecular weight is 376 g/mol. The molecule has 150 valence electrons. The highest BCUT2D eigenvalue weighted by Crippen LogP contribution is 2.35. The Morgan fingerprint density at radius 1 is 1.11 bits per heavy atom. The first-order valence-corrected chi connectivity index (χ1v) is 9.77. The summed E-state index contributed by atoms with van der Waals surface area (Å²) in [6.45, 7) is 4.75. The van der Waals surface area contributed by atoms with E-state index in [0.29, 0.717) is 25.0 Å². The molecule has 0 radical (unpaired) electrons. The highest BCUT2D eigenvalue weighted by molar-refractivity contribution is 5.67. The summed E-state index contributed by atoms with van der Waals surface area (Å²) in [5, 5.41) is 2.84. The summed E-state index contributed by atoms with van der Waals surface area (Å²) in [6.07, 6.45) is 5.25. The summed E-state index contributed by atoms with van der Waals surface area (Å²) in [6, 6.07) is 9.65. The van der Waals surface area contributed by atoms with E-state index in [9.17, 15) is 9.59 Å². The zero-order chi connectivity index (χ0) is 19.7. The first-order chi connectivity index (χ1) is 12.8. The van der Waals surface area contributed by atoms with Crippen LogP contribution in [0.4, 0.5) is 9.59 Å². The van der Waals surface area contributed by atoms with E-state index < -0.39 is 11.7 Å². The van der Waals surface area contributed by atoms with Gasteiger partial charge >= 0.3 is 12.2 Å². The molecule has 27 heavy (non-hydrogen) atoms. The van der Waals surface area contributed by atoms with Gasteiger partial charge in [0.05, 0.1) is 0 Å². The summed E-state index contributed by atoms with van der Waals surface area (Å²) in [4.78, 5) is 22.7. The Labute approximate surface area is 161 Å². The van der Waals surface area contributed by atoms with Crippen molar-refractivity contribution in [3.63, 3.8) is 0 Å². The first-order valence-electron chi connectivity index (χ1n) is 9.77. The van der Waals surface area contributed by atoms with Crippen molar-refractivity contribution < 1.29 is 19.1 Å². The second-order valence-electron chi connectivity index (χ2n) is 8.05. The minimum absolute atomic E-state index is 0.293. The van der Waals surface area contributed by atoms with E-state index in [2.05, 4.69) is 5.32 Å². The van der Waals surface area contributed by atoms with E-state index in [1.807, 2.05) is 44.2 Å². The standard InChI is InChI=1S/C21H32N2O4/c1-21(2,27-19(22)24)14-17-10-8-16(9-11-17)12-13-23-20(25)26-15-18-6-4-3-5-7-18/h3-7,16-17H,8-15H2,1-2H3,(H2,22,24)(H,23,25). The van der Waals surface area contributed by atoms with Crippen LogP contribution in [0.25, 0.3) is 0 Å². The molecular weight excluding hydrogens is 344 g/mol. The second-order valence-corrected chi connectivity index (χ2v) is 8.05. The van der Waals surface area contributed by atoms with Crippen molar-refractivity contribution in [3.05, 3.63) is 35.9 Å². The molecule has 0 saturated heterocycles. The number of benzene rings is 1. The molecule has 2 amide bonds. The van der Waals surface area contributed by atoms with Crippen LogP contribution in [0.1, 0.15) is 57.9 Å². The second kappa shape index (κ2) is 10.2. The molecule has 6 nitrogen and oxygen atoms in total. The summed E-state index contributed by atoms with van der Waals surface area (Å²) in [7, 11) is 0. The monoisotopic (exact) mass is 376 g/mol. The van der Waals surface area contributed by atoms with Crippen LogP contribution in [0.5, 0.6) is 0 Å². The highest BCUT2D eigenvalue weighted by Gasteiger charge is 2.29. The normalized spacial score (nSPS) is 19.9. The number of alkyl carbamates (subject to hydrolysis) is 1. The van der Waals surface area contributed by atoms with E-state index >= 15 is 0 Å². The molecular formula is C21H32N2O4. The Balaban J connectivity index is 1.58. The van der Waals surface area contributed by atoms with Crippen LogP contribution in [0, 0.1) is 11.8 Å². The molecule has 0 spiro atoms. The maximum atomic E-state index is 11.8. The molecule has 6 heteroatoms.